The number of benzene rings is 2. The normalized spacial score (nSPS) is 16.9. The molecule has 1 unspecified atom stereocenters. The van der Waals surface area contributed by atoms with Crippen molar-refractivity contribution in [3.8, 4) is 0 Å². The van der Waals surface area contributed by atoms with Crippen molar-refractivity contribution in [2.75, 3.05) is 11.6 Å². The number of carbonyl (C=O) groups excluding carboxylic acids is 3. The van der Waals surface area contributed by atoms with Crippen LogP contribution in [0.25, 0.3) is 0 Å². The van der Waals surface area contributed by atoms with Crippen LogP contribution in [0.3, 0.4) is 0 Å². The summed E-state index contributed by atoms with van der Waals surface area (Å²) in [5.41, 5.74) is 6.65. The van der Waals surface area contributed by atoms with Crippen LogP contribution in [0.2, 0.25) is 0 Å². The summed E-state index contributed by atoms with van der Waals surface area (Å²) < 4.78 is 27.2. The number of sulfonamides is 1. The Labute approximate surface area is 230 Å². The second-order valence-corrected chi connectivity index (χ2v) is 11.9. The molecule has 1 aliphatic heterocycles. The quantitative estimate of drug-likeness (QED) is 0.249. The van der Waals surface area contributed by atoms with E-state index in [4.69, 9.17) is 5.73 Å². The minimum Gasteiger partial charge on any atom is -0.480 e. The van der Waals surface area contributed by atoms with Crippen LogP contribution in [-0.2, 0) is 42.0 Å². The van der Waals surface area contributed by atoms with Crippen LogP contribution in [-0.4, -0.2) is 70.9 Å². The molecular weight excluding hydrogens is 544 g/mol. The van der Waals surface area contributed by atoms with Gasteiger partial charge in [0, 0.05) is 31.4 Å². The van der Waals surface area contributed by atoms with Crippen LogP contribution in [0.15, 0.2) is 64.5 Å². The fourth-order valence-electron chi connectivity index (χ4n) is 3.91. The van der Waals surface area contributed by atoms with Crippen molar-refractivity contribution in [2.45, 2.75) is 49.6 Å². The van der Waals surface area contributed by atoms with Gasteiger partial charge in [0.05, 0.1) is 16.6 Å². The number of Topliss-reactive ketones (excluding diaryl/α,β-unsaturated/α-hetero) is 1. The summed E-state index contributed by atoms with van der Waals surface area (Å²) in [5, 5.41) is 12.2. The van der Waals surface area contributed by atoms with E-state index in [-0.39, 0.29) is 53.8 Å². The molecule has 0 saturated carbocycles. The molecule has 2 aromatic rings. The second-order valence-electron chi connectivity index (χ2n) is 9.00. The van der Waals surface area contributed by atoms with E-state index in [9.17, 15) is 32.7 Å². The first-order valence-electron chi connectivity index (χ1n) is 12.1. The summed E-state index contributed by atoms with van der Waals surface area (Å²) in [5.74, 6) is -2.13. The van der Waals surface area contributed by atoms with E-state index < -0.39 is 39.9 Å². The number of carbonyl (C=O) groups is 4. The molecule has 0 bridgehead atoms. The number of nitrogens with two attached hydrogens (primary N) is 1. The van der Waals surface area contributed by atoms with Crippen LogP contribution in [0, 0.1) is 0 Å². The van der Waals surface area contributed by atoms with Crippen LogP contribution in [0.4, 0.5) is 0 Å². The number of amidine groups is 1. The average molecular weight is 575 g/mol. The van der Waals surface area contributed by atoms with E-state index in [2.05, 4.69) is 10.3 Å². The second kappa shape index (κ2) is 13.5. The average Bonchev–Trinajstić information content (AvgIpc) is 3.39. The number of carboxylic acid groups (broad SMARTS) is 1. The maximum atomic E-state index is 13.0. The predicted octanol–water partition coefficient (Wildman–Crippen LogP) is 1.36. The summed E-state index contributed by atoms with van der Waals surface area (Å²) >= 11 is 1.27. The van der Waals surface area contributed by atoms with Gasteiger partial charge in [-0.3, -0.25) is 14.4 Å². The zero-order valence-electron chi connectivity index (χ0n) is 21.3. The number of aliphatic carboxylic acids is 1. The maximum absolute atomic E-state index is 13.0. The van der Waals surface area contributed by atoms with Crippen LogP contribution >= 0.6 is 11.8 Å². The van der Waals surface area contributed by atoms with Gasteiger partial charge >= 0.3 is 5.97 Å². The molecule has 0 aliphatic carbocycles. The fourth-order valence-corrected chi connectivity index (χ4v) is 7.08. The number of ketones is 1. The topological polar surface area (TPSA) is 176 Å². The summed E-state index contributed by atoms with van der Waals surface area (Å²) in [7, 11) is -3.93. The van der Waals surface area contributed by atoms with Gasteiger partial charge in [0.25, 0.3) is 0 Å². The van der Waals surface area contributed by atoms with Gasteiger partial charge in [0.1, 0.15) is 17.9 Å². The van der Waals surface area contributed by atoms with Gasteiger partial charge in [0.2, 0.25) is 21.8 Å². The number of hydrogen-bond acceptors (Lipinski definition) is 7. The zero-order valence-corrected chi connectivity index (χ0v) is 22.9. The largest absolute Gasteiger partial charge is 0.480 e. The van der Waals surface area contributed by atoms with Crippen molar-refractivity contribution in [3.63, 3.8) is 0 Å². The molecule has 0 spiro atoms. The lowest BCUT2D eigenvalue weighted by molar-refractivity contribution is -0.142. The maximum Gasteiger partial charge on any atom is 0.326 e. The third-order valence-electron chi connectivity index (χ3n) is 5.89. The highest BCUT2D eigenvalue weighted by atomic mass is 32.2. The molecular formula is C26H30N4O7S2. The molecule has 1 saturated heterocycles. The van der Waals surface area contributed by atoms with Gasteiger partial charge in [-0.2, -0.15) is 4.31 Å². The summed E-state index contributed by atoms with van der Waals surface area (Å²) in [6.45, 7) is 1.49. The first-order chi connectivity index (χ1) is 18.5. The molecule has 208 valence electrons. The van der Waals surface area contributed by atoms with Crippen molar-refractivity contribution in [3.05, 3.63) is 65.7 Å². The van der Waals surface area contributed by atoms with Gasteiger partial charge in [-0.05, 0) is 30.2 Å². The van der Waals surface area contributed by atoms with Crippen molar-refractivity contribution >= 4 is 51.2 Å². The fraction of sp³-hybridized carbons (Fsp3) is 0.346. The zero-order chi connectivity index (χ0) is 28.6. The van der Waals surface area contributed by atoms with Crippen molar-refractivity contribution in [1.29, 1.82) is 0 Å². The van der Waals surface area contributed by atoms with Gasteiger partial charge in [0.15, 0.2) is 0 Å². The molecule has 13 heteroatoms. The lowest BCUT2D eigenvalue weighted by Gasteiger charge is -2.24. The molecule has 0 radical (unpaired) electrons. The van der Waals surface area contributed by atoms with Crippen LogP contribution in [0.1, 0.15) is 30.9 Å². The Morgan fingerprint density at radius 1 is 1.08 bits per heavy atom. The molecule has 3 rings (SSSR count). The SMILES string of the molecule is CC(N)=NC(=O)CCC(=O)Cc1ccc(CC(NC(=O)[C@@H]2CSCN2S(=O)(=O)c2ccccc2)C(=O)O)cc1. The number of carboxylic acids is 1. The molecule has 11 nitrogen and oxygen atoms in total. The summed E-state index contributed by atoms with van der Waals surface area (Å²) in [4.78, 5) is 52.3. The third kappa shape index (κ3) is 8.47. The molecule has 2 atom stereocenters. The highest BCUT2D eigenvalue weighted by molar-refractivity contribution is 8.00. The van der Waals surface area contributed by atoms with Gasteiger partial charge < -0.3 is 16.2 Å². The molecule has 1 aliphatic rings. The first kappa shape index (κ1) is 30.0. The number of aliphatic imine (C=N–C) groups is 1. The van der Waals surface area contributed by atoms with E-state index in [1.54, 1.807) is 42.5 Å². The number of rotatable bonds is 12. The Hall–Kier alpha value is -3.55. The Balaban J connectivity index is 1.60. The number of amides is 2. The summed E-state index contributed by atoms with van der Waals surface area (Å²) in [6, 6.07) is 12.1. The minimum absolute atomic E-state index is 0.0287. The predicted molar refractivity (Wildman–Crippen MR) is 147 cm³/mol. The number of nitrogens with zero attached hydrogens (tertiary/aromatic N) is 2. The lowest BCUT2D eigenvalue weighted by atomic mass is 10.0. The summed E-state index contributed by atoms with van der Waals surface area (Å²) in [6.07, 6.45) is 0.0601. The molecule has 2 amide bonds. The number of thioether (sulfide) groups is 1. The van der Waals surface area contributed by atoms with Gasteiger partial charge in [-0.25, -0.2) is 18.2 Å². The molecule has 2 aromatic carbocycles. The molecule has 1 fully saturated rings. The van der Waals surface area contributed by atoms with Crippen molar-refractivity contribution in [2.24, 2.45) is 10.7 Å². The Kier molecular flexibility index (Phi) is 10.4. The molecule has 4 N–H and O–H groups in total. The Bertz CT molecular complexity index is 1340. The molecule has 0 aromatic heterocycles. The van der Waals surface area contributed by atoms with E-state index in [0.29, 0.717) is 11.1 Å². The van der Waals surface area contributed by atoms with Crippen LogP contribution < -0.4 is 11.1 Å². The highest BCUT2D eigenvalue weighted by Crippen LogP contribution is 2.28. The van der Waals surface area contributed by atoms with Gasteiger partial charge in [-0.1, -0.05) is 42.5 Å². The standard InChI is InChI=1S/C26H30N4O7S2/c1-17(27)28-24(32)12-11-20(31)13-18-7-9-19(10-8-18)14-22(26(34)35)29-25(33)23-15-38-16-30(23)39(36,37)21-5-3-2-4-6-21/h2-10,22-23H,11-16H2,1H3,(H,29,33)(H,34,35)(H2,27,28,32)/t22?,23-/m0/s1. The first-order valence-corrected chi connectivity index (χ1v) is 14.7. The number of nitrogens with one attached hydrogen (secondary N) is 1. The molecule has 1 heterocycles. The van der Waals surface area contributed by atoms with E-state index in [1.807, 2.05) is 0 Å². The lowest BCUT2D eigenvalue weighted by Crippen LogP contribution is -2.52. The smallest absolute Gasteiger partial charge is 0.326 e. The minimum atomic E-state index is -3.93. The monoisotopic (exact) mass is 574 g/mol. The highest BCUT2D eigenvalue weighted by Gasteiger charge is 2.41. The Morgan fingerprint density at radius 3 is 2.33 bits per heavy atom. The van der Waals surface area contributed by atoms with E-state index >= 15 is 0 Å². The molecule has 39 heavy (non-hydrogen) atoms. The van der Waals surface area contributed by atoms with E-state index in [0.717, 1.165) is 4.31 Å². The Morgan fingerprint density at radius 2 is 1.72 bits per heavy atom. The van der Waals surface area contributed by atoms with Crippen molar-refractivity contribution in [1.82, 2.24) is 9.62 Å². The third-order valence-corrected chi connectivity index (χ3v) is 8.94. The number of hydrogen-bond donors (Lipinski definition) is 3. The van der Waals surface area contributed by atoms with E-state index in [1.165, 1.54) is 30.8 Å². The van der Waals surface area contributed by atoms with Gasteiger partial charge in [-0.15, -0.1) is 11.8 Å². The van der Waals surface area contributed by atoms with Crippen LogP contribution in [0.5, 0.6) is 0 Å². The van der Waals surface area contributed by atoms with Crippen molar-refractivity contribution < 1.29 is 32.7 Å².